The van der Waals surface area contributed by atoms with Crippen molar-refractivity contribution in [1.82, 2.24) is 10.6 Å². The summed E-state index contributed by atoms with van der Waals surface area (Å²) in [5, 5.41) is 5.88. The molecule has 0 aromatic heterocycles. The molecule has 2 aliphatic rings. The molecule has 7 heteroatoms. The fourth-order valence-electron chi connectivity index (χ4n) is 2.32. The van der Waals surface area contributed by atoms with Crippen molar-refractivity contribution in [1.29, 1.82) is 0 Å². The van der Waals surface area contributed by atoms with Gasteiger partial charge in [0.05, 0.1) is 18.7 Å². The summed E-state index contributed by atoms with van der Waals surface area (Å²) in [5.74, 6) is 0. The molecule has 2 fully saturated rings. The Morgan fingerprint density at radius 1 is 1.30 bits per heavy atom. The van der Waals surface area contributed by atoms with Crippen molar-refractivity contribution in [2.45, 2.75) is 63.4 Å². The molecule has 2 saturated heterocycles. The number of hydrogen-bond acceptors (Lipinski definition) is 4. The van der Waals surface area contributed by atoms with Crippen LogP contribution in [0.4, 0.5) is 4.79 Å². The van der Waals surface area contributed by atoms with Crippen LogP contribution in [0.1, 0.15) is 20.8 Å². The third kappa shape index (κ3) is 2.85. The second-order valence-electron chi connectivity index (χ2n) is 7.03. The number of rotatable bonds is 3. The van der Waals surface area contributed by atoms with Crippen molar-refractivity contribution in [3.05, 3.63) is 0 Å². The normalized spacial score (nSPS) is 34.4. The number of carbonyl (C=O) groups excluding carboxylic acids is 1. The summed E-state index contributed by atoms with van der Waals surface area (Å²) in [5.41, 5.74) is 0. The van der Waals surface area contributed by atoms with Gasteiger partial charge in [-0.05, 0) is 18.1 Å². The maximum atomic E-state index is 11.5. The lowest BCUT2D eigenvalue weighted by Gasteiger charge is -2.45. The van der Waals surface area contributed by atoms with E-state index in [1.165, 1.54) is 0 Å². The number of fused-ring (bicyclic) bond motifs is 1. The number of amides is 2. The standard InChI is InChI=1S/C13H26N2O4Si/c1-13(2,3)20(5,6)19-10-9-8(14-12(16)15-9)7-18-11(10)17-4/h8-11H,7H2,1-6H3,(H2,14,15,16)/t8-,9-,10+,11+/m0/s1. The van der Waals surface area contributed by atoms with Crippen LogP contribution in [0, 0.1) is 0 Å². The molecule has 0 aromatic rings. The van der Waals surface area contributed by atoms with E-state index in [4.69, 9.17) is 13.9 Å². The molecule has 0 aromatic carbocycles. The van der Waals surface area contributed by atoms with Gasteiger partial charge in [0.2, 0.25) is 0 Å². The first-order valence-corrected chi connectivity index (χ1v) is 9.96. The summed E-state index contributed by atoms with van der Waals surface area (Å²) in [6.45, 7) is 11.4. The predicted molar refractivity (Wildman–Crippen MR) is 78.1 cm³/mol. The van der Waals surface area contributed by atoms with E-state index in [2.05, 4.69) is 44.5 Å². The van der Waals surface area contributed by atoms with Gasteiger partial charge in [-0.3, -0.25) is 0 Å². The molecule has 0 aliphatic carbocycles. The van der Waals surface area contributed by atoms with Crippen LogP contribution in [0.5, 0.6) is 0 Å². The van der Waals surface area contributed by atoms with Crippen molar-refractivity contribution in [3.63, 3.8) is 0 Å². The molecule has 0 bridgehead atoms. The Hall–Kier alpha value is -0.633. The highest BCUT2D eigenvalue weighted by atomic mass is 28.4. The minimum atomic E-state index is -1.97. The van der Waals surface area contributed by atoms with Crippen LogP contribution in [-0.2, 0) is 13.9 Å². The van der Waals surface area contributed by atoms with Gasteiger partial charge in [-0.2, -0.15) is 0 Å². The summed E-state index contributed by atoms with van der Waals surface area (Å²) in [7, 11) is -0.363. The minimum absolute atomic E-state index is 0.0522. The Morgan fingerprint density at radius 2 is 1.95 bits per heavy atom. The average molecular weight is 302 g/mol. The van der Waals surface area contributed by atoms with E-state index in [9.17, 15) is 4.79 Å². The van der Waals surface area contributed by atoms with Crippen molar-refractivity contribution < 1.29 is 18.7 Å². The van der Waals surface area contributed by atoms with Gasteiger partial charge in [0.25, 0.3) is 0 Å². The van der Waals surface area contributed by atoms with Crippen LogP contribution in [0.2, 0.25) is 18.1 Å². The van der Waals surface area contributed by atoms with Crippen LogP contribution in [0.15, 0.2) is 0 Å². The van der Waals surface area contributed by atoms with Crippen molar-refractivity contribution >= 4 is 14.3 Å². The molecule has 2 heterocycles. The van der Waals surface area contributed by atoms with E-state index in [1.807, 2.05) is 0 Å². The van der Waals surface area contributed by atoms with Gasteiger partial charge in [-0.1, -0.05) is 20.8 Å². The highest BCUT2D eigenvalue weighted by molar-refractivity contribution is 6.74. The monoisotopic (exact) mass is 302 g/mol. The largest absolute Gasteiger partial charge is 0.407 e. The Morgan fingerprint density at radius 3 is 2.50 bits per heavy atom. The van der Waals surface area contributed by atoms with Crippen LogP contribution in [0.25, 0.3) is 0 Å². The highest BCUT2D eigenvalue weighted by Crippen LogP contribution is 2.39. The third-order valence-corrected chi connectivity index (χ3v) is 9.05. The average Bonchev–Trinajstić information content (AvgIpc) is 2.68. The van der Waals surface area contributed by atoms with Gasteiger partial charge in [0.15, 0.2) is 14.6 Å². The van der Waals surface area contributed by atoms with Crippen LogP contribution in [-0.4, -0.2) is 52.5 Å². The molecular formula is C13H26N2O4Si. The maximum Gasteiger partial charge on any atom is 0.315 e. The second-order valence-corrected chi connectivity index (χ2v) is 11.8. The van der Waals surface area contributed by atoms with Gasteiger partial charge < -0.3 is 24.5 Å². The third-order valence-electron chi connectivity index (χ3n) is 4.58. The zero-order valence-corrected chi connectivity index (χ0v) is 14.1. The predicted octanol–water partition coefficient (Wildman–Crippen LogP) is 1.43. The van der Waals surface area contributed by atoms with E-state index < -0.39 is 14.6 Å². The lowest BCUT2D eigenvalue weighted by Crippen LogP contribution is -2.61. The molecule has 0 spiro atoms. The number of ether oxygens (including phenoxy) is 2. The SMILES string of the molecule is CO[C@@H]1OC[C@@H]2NC(=O)N[C@@H]2[C@H]1O[Si](C)(C)C(C)(C)C. The summed E-state index contributed by atoms with van der Waals surface area (Å²) in [4.78, 5) is 11.5. The van der Waals surface area contributed by atoms with Gasteiger partial charge in [-0.25, -0.2) is 4.79 Å². The fourth-order valence-corrected chi connectivity index (χ4v) is 3.61. The molecule has 20 heavy (non-hydrogen) atoms. The zero-order chi connectivity index (χ0) is 15.1. The van der Waals surface area contributed by atoms with Crippen molar-refractivity contribution in [2.75, 3.05) is 13.7 Å². The quantitative estimate of drug-likeness (QED) is 0.774. The maximum absolute atomic E-state index is 11.5. The lowest BCUT2D eigenvalue weighted by atomic mass is 10.0. The highest BCUT2D eigenvalue weighted by Gasteiger charge is 2.50. The molecule has 2 N–H and O–H groups in total. The topological polar surface area (TPSA) is 68.8 Å². The first-order chi connectivity index (χ1) is 9.15. The van der Waals surface area contributed by atoms with Gasteiger partial charge in [-0.15, -0.1) is 0 Å². The number of carbonyl (C=O) groups is 1. The second kappa shape index (κ2) is 5.29. The first-order valence-electron chi connectivity index (χ1n) is 7.05. The lowest BCUT2D eigenvalue weighted by molar-refractivity contribution is -0.207. The smallest absolute Gasteiger partial charge is 0.315 e. The summed E-state index contributed by atoms with van der Waals surface area (Å²) in [6.07, 6.45) is -0.718. The molecule has 2 amide bonds. The Bertz CT molecular complexity index is 383. The van der Waals surface area contributed by atoms with Crippen molar-refractivity contribution in [2.24, 2.45) is 0 Å². The molecule has 4 atom stereocenters. The summed E-state index contributed by atoms with van der Waals surface area (Å²) >= 11 is 0. The zero-order valence-electron chi connectivity index (χ0n) is 13.1. The molecule has 0 unspecified atom stereocenters. The molecular weight excluding hydrogens is 276 g/mol. The van der Waals surface area contributed by atoms with Gasteiger partial charge in [0, 0.05) is 7.11 Å². The number of nitrogens with one attached hydrogen (secondary N) is 2. The Labute approximate surface area is 121 Å². The minimum Gasteiger partial charge on any atom is -0.407 e. The van der Waals surface area contributed by atoms with E-state index in [0.717, 1.165) is 0 Å². The van der Waals surface area contributed by atoms with Gasteiger partial charge >= 0.3 is 6.03 Å². The number of methoxy groups -OCH3 is 1. The van der Waals surface area contributed by atoms with Crippen LogP contribution in [0.3, 0.4) is 0 Å². The molecule has 0 radical (unpaired) electrons. The molecule has 116 valence electrons. The van der Waals surface area contributed by atoms with Crippen LogP contribution < -0.4 is 10.6 Å². The number of urea groups is 1. The fraction of sp³-hybridized carbons (Fsp3) is 0.923. The van der Waals surface area contributed by atoms with E-state index in [1.54, 1.807) is 7.11 Å². The molecule has 2 aliphatic heterocycles. The van der Waals surface area contributed by atoms with Crippen molar-refractivity contribution in [3.8, 4) is 0 Å². The molecule has 6 nitrogen and oxygen atoms in total. The Kier molecular flexibility index (Phi) is 4.16. The van der Waals surface area contributed by atoms with E-state index >= 15 is 0 Å². The van der Waals surface area contributed by atoms with E-state index in [0.29, 0.717) is 6.61 Å². The van der Waals surface area contributed by atoms with Crippen LogP contribution >= 0.6 is 0 Å². The molecule has 0 saturated carbocycles. The van der Waals surface area contributed by atoms with Gasteiger partial charge in [0.1, 0.15) is 6.10 Å². The first kappa shape index (κ1) is 15.8. The number of hydrogen-bond donors (Lipinski definition) is 2. The summed E-state index contributed by atoms with van der Waals surface area (Å²) in [6, 6.07) is -0.317. The molecule has 2 rings (SSSR count). The Balaban J connectivity index is 2.19. The van der Waals surface area contributed by atoms with E-state index in [-0.39, 0.29) is 29.3 Å². The summed E-state index contributed by atoms with van der Waals surface area (Å²) < 4.78 is 17.5.